The van der Waals surface area contributed by atoms with Gasteiger partial charge in [-0.15, -0.1) is 0 Å². The maximum Gasteiger partial charge on any atom is 0.196 e. The van der Waals surface area contributed by atoms with Crippen LogP contribution in [0, 0.1) is 25.2 Å². The molecule has 31 heavy (non-hydrogen) atoms. The predicted octanol–water partition coefficient (Wildman–Crippen LogP) is 5.57. The molecule has 0 amide bonds. The van der Waals surface area contributed by atoms with Crippen LogP contribution in [0.2, 0.25) is 5.15 Å². The zero-order valence-electron chi connectivity index (χ0n) is 17.2. The lowest BCUT2D eigenvalue weighted by atomic mass is 9.99. The number of hydrogen-bond donors (Lipinski definition) is 1. The van der Waals surface area contributed by atoms with E-state index in [-0.39, 0.29) is 22.3 Å². The molecule has 0 aliphatic heterocycles. The number of nitrogens with zero attached hydrogens (tertiary/aromatic N) is 3. The first kappa shape index (κ1) is 20.6. The number of nitrogens with one attached hydrogen (secondary N) is 1. The topological polar surface area (TPSA) is 91.8 Å². The van der Waals surface area contributed by atoms with E-state index >= 15 is 0 Å². The molecule has 1 N–H and O–H groups in total. The van der Waals surface area contributed by atoms with Gasteiger partial charge in [0.05, 0.1) is 17.1 Å². The highest BCUT2D eigenvalue weighted by Crippen LogP contribution is 2.32. The van der Waals surface area contributed by atoms with Crippen molar-refractivity contribution in [2.24, 2.45) is 0 Å². The van der Waals surface area contributed by atoms with E-state index in [9.17, 15) is 10.1 Å². The maximum atomic E-state index is 13.2. The Morgan fingerprint density at radius 3 is 2.71 bits per heavy atom. The molecule has 3 heterocycles. The van der Waals surface area contributed by atoms with Gasteiger partial charge in [-0.2, -0.15) is 5.26 Å². The molecule has 6 nitrogen and oxygen atoms in total. The Bertz CT molecular complexity index is 1390. The van der Waals surface area contributed by atoms with Crippen LogP contribution in [0.5, 0.6) is 0 Å². The molecule has 0 aliphatic carbocycles. The third kappa shape index (κ3) is 3.88. The van der Waals surface area contributed by atoms with Gasteiger partial charge in [0.15, 0.2) is 16.9 Å². The van der Waals surface area contributed by atoms with E-state index in [1.54, 1.807) is 25.3 Å². The van der Waals surface area contributed by atoms with Crippen molar-refractivity contribution in [2.75, 3.05) is 5.32 Å². The number of nitriles is 1. The Kier molecular flexibility index (Phi) is 5.45. The van der Waals surface area contributed by atoms with Gasteiger partial charge in [-0.05, 0) is 56.7 Å². The van der Waals surface area contributed by atoms with Crippen LogP contribution in [-0.4, -0.2) is 9.97 Å². The van der Waals surface area contributed by atoms with Gasteiger partial charge in [-0.1, -0.05) is 23.7 Å². The fraction of sp³-hybridized carbons (Fsp3) is 0.167. The molecule has 1 unspecified atom stereocenters. The van der Waals surface area contributed by atoms with Crippen molar-refractivity contribution in [2.45, 2.75) is 26.8 Å². The summed E-state index contributed by atoms with van der Waals surface area (Å²) < 4.78 is 6.28. The summed E-state index contributed by atoms with van der Waals surface area (Å²) >= 11 is 5.91. The van der Waals surface area contributed by atoms with Gasteiger partial charge in [0, 0.05) is 17.3 Å². The minimum absolute atomic E-state index is 0.0927. The Labute approximate surface area is 184 Å². The third-order valence-electron chi connectivity index (χ3n) is 5.10. The summed E-state index contributed by atoms with van der Waals surface area (Å²) in [6, 6.07) is 14.4. The number of pyridine rings is 2. The molecular weight excluding hydrogens is 412 g/mol. The molecule has 4 aromatic rings. The predicted molar refractivity (Wildman–Crippen MR) is 121 cm³/mol. The summed E-state index contributed by atoms with van der Waals surface area (Å²) in [5.41, 5.74) is 3.98. The second kappa shape index (κ2) is 8.21. The largest absolute Gasteiger partial charge is 0.454 e. The fourth-order valence-corrected chi connectivity index (χ4v) is 3.73. The molecule has 1 aromatic carbocycles. The van der Waals surface area contributed by atoms with E-state index < -0.39 is 0 Å². The first-order chi connectivity index (χ1) is 14.9. The molecule has 4 rings (SSSR count). The smallest absolute Gasteiger partial charge is 0.196 e. The minimum Gasteiger partial charge on any atom is -0.454 e. The van der Waals surface area contributed by atoms with Crippen LogP contribution in [0.3, 0.4) is 0 Å². The van der Waals surface area contributed by atoms with Gasteiger partial charge >= 0.3 is 0 Å². The normalized spacial score (nSPS) is 11.8. The van der Waals surface area contributed by atoms with Crippen molar-refractivity contribution in [3.05, 3.63) is 86.4 Å². The van der Waals surface area contributed by atoms with Crippen molar-refractivity contribution in [1.29, 1.82) is 5.26 Å². The highest BCUT2D eigenvalue weighted by atomic mass is 35.5. The van der Waals surface area contributed by atoms with Crippen LogP contribution in [0.1, 0.15) is 35.3 Å². The van der Waals surface area contributed by atoms with Gasteiger partial charge in [0.1, 0.15) is 22.5 Å². The summed E-state index contributed by atoms with van der Waals surface area (Å²) in [5, 5.41) is 13.4. The summed E-state index contributed by atoms with van der Waals surface area (Å²) in [4.78, 5) is 21.6. The molecule has 0 fully saturated rings. The quantitative estimate of drug-likeness (QED) is 0.426. The lowest BCUT2D eigenvalue weighted by Gasteiger charge is -2.19. The number of fused-ring (bicyclic) bond motifs is 1. The molecule has 3 aromatic heterocycles. The van der Waals surface area contributed by atoms with E-state index in [0.717, 1.165) is 11.1 Å². The van der Waals surface area contributed by atoms with E-state index in [0.29, 0.717) is 33.7 Å². The van der Waals surface area contributed by atoms with Gasteiger partial charge in [0.2, 0.25) is 0 Å². The van der Waals surface area contributed by atoms with E-state index in [1.165, 1.54) is 0 Å². The van der Waals surface area contributed by atoms with Gasteiger partial charge in [-0.25, -0.2) is 4.98 Å². The Hall–Kier alpha value is -3.69. The molecular formula is C24H19ClN4O2. The summed E-state index contributed by atoms with van der Waals surface area (Å²) in [7, 11) is 0. The van der Waals surface area contributed by atoms with Crippen LogP contribution in [0.15, 0.2) is 57.9 Å². The lowest BCUT2D eigenvalue weighted by Crippen LogP contribution is -2.13. The average molecular weight is 431 g/mol. The summed E-state index contributed by atoms with van der Waals surface area (Å²) in [5.74, 6) is 0.446. The third-order valence-corrected chi connectivity index (χ3v) is 5.31. The van der Waals surface area contributed by atoms with E-state index in [4.69, 9.17) is 16.0 Å². The summed E-state index contributed by atoms with van der Waals surface area (Å²) in [6.45, 7) is 5.61. The van der Waals surface area contributed by atoms with Gasteiger partial charge in [-0.3, -0.25) is 9.78 Å². The SMILES string of the molecule is Cc1cc(C(C)Nc2ccc(Cl)nc2C#N)c2oc(-c3ccccn3)c(C)c(=O)c2c1. The molecule has 0 aliphatic rings. The Morgan fingerprint density at radius 1 is 1.19 bits per heavy atom. The van der Waals surface area contributed by atoms with Gasteiger partial charge < -0.3 is 9.73 Å². The molecule has 1 atom stereocenters. The fourth-order valence-electron chi connectivity index (χ4n) is 3.58. The van der Waals surface area contributed by atoms with Crippen LogP contribution >= 0.6 is 11.6 Å². The van der Waals surface area contributed by atoms with E-state index in [2.05, 4.69) is 15.3 Å². The molecule has 0 radical (unpaired) electrons. The number of aromatic nitrogens is 2. The zero-order chi connectivity index (χ0) is 22.1. The van der Waals surface area contributed by atoms with Crippen molar-refractivity contribution in [3.8, 4) is 17.5 Å². The van der Waals surface area contributed by atoms with Crippen LogP contribution in [-0.2, 0) is 0 Å². The molecule has 0 saturated carbocycles. The number of hydrogen-bond acceptors (Lipinski definition) is 6. The molecule has 0 saturated heterocycles. The standard InChI is InChI=1S/C24H19ClN4O2/c1-13-10-16(15(3)28-18-7-8-21(25)29-20(18)12-26)24-17(11-13)22(30)14(2)23(31-24)19-6-4-5-9-27-19/h4-11,15,28H,1-3H3. The Balaban J connectivity index is 1.89. The maximum absolute atomic E-state index is 13.2. The van der Waals surface area contributed by atoms with Crippen LogP contribution in [0.4, 0.5) is 5.69 Å². The monoisotopic (exact) mass is 430 g/mol. The minimum atomic E-state index is -0.278. The number of rotatable bonds is 4. The average Bonchev–Trinajstić information content (AvgIpc) is 2.77. The van der Waals surface area contributed by atoms with Crippen molar-refractivity contribution in [1.82, 2.24) is 9.97 Å². The first-order valence-corrected chi connectivity index (χ1v) is 10.1. The van der Waals surface area contributed by atoms with Crippen LogP contribution < -0.4 is 10.7 Å². The Morgan fingerprint density at radius 2 is 2.00 bits per heavy atom. The lowest BCUT2D eigenvalue weighted by molar-refractivity contribution is 0.603. The van der Waals surface area contributed by atoms with Crippen LogP contribution in [0.25, 0.3) is 22.4 Å². The number of benzene rings is 1. The summed E-state index contributed by atoms with van der Waals surface area (Å²) in [6.07, 6.45) is 1.66. The van der Waals surface area contributed by atoms with Crippen molar-refractivity contribution < 1.29 is 4.42 Å². The van der Waals surface area contributed by atoms with Gasteiger partial charge in [0.25, 0.3) is 0 Å². The molecule has 0 spiro atoms. The second-order valence-corrected chi connectivity index (χ2v) is 7.73. The zero-order valence-corrected chi connectivity index (χ0v) is 18.0. The molecule has 7 heteroatoms. The first-order valence-electron chi connectivity index (χ1n) is 9.71. The highest BCUT2D eigenvalue weighted by molar-refractivity contribution is 6.29. The van der Waals surface area contributed by atoms with Crippen molar-refractivity contribution >= 4 is 28.3 Å². The number of aryl methyl sites for hydroxylation is 1. The second-order valence-electron chi connectivity index (χ2n) is 7.34. The van der Waals surface area contributed by atoms with Crippen molar-refractivity contribution in [3.63, 3.8) is 0 Å². The molecule has 154 valence electrons. The number of halogens is 1. The molecule has 0 bridgehead atoms. The van der Waals surface area contributed by atoms with E-state index in [1.807, 2.05) is 50.2 Å². The highest BCUT2D eigenvalue weighted by Gasteiger charge is 2.20. The number of anilines is 1.